The van der Waals surface area contributed by atoms with Gasteiger partial charge in [0.25, 0.3) is 0 Å². The van der Waals surface area contributed by atoms with Crippen LogP contribution in [0.1, 0.15) is 43.9 Å². The van der Waals surface area contributed by atoms with Gasteiger partial charge in [-0.15, -0.1) is 0 Å². The van der Waals surface area contributed by atoms with Crippen LogP contribution in [0.2, 0.25) is 5.02 Å². The lowest BCUT2D eigenvalue weighted by atomic mass is 9.98. The number of aromatic nitrogens is 1. The molecule has 0 unspecified atom stereocenters. The van der Waals surface area contributed by atoms with Crippen LogP contribution in [0.3, 0.4) is 0 Å². The molecule has 3 aromatic carbocycles. The number of nitrogens with one attached hydrogen (secondary N) is 1. The number of benzene rings is 3. The quantitative estimate of drug-likeness (QED) is 0.180. The zero-order valence-electron chi connectivity index (χ0n) is 26.9. The Bertz CT molecular complexity index is 1600. The number of amides is 1. The lowest BCUT2D eigenvalue weighted by Crippen LogP contribution is -2.45. The number of carbonyl (C=O) groups excluding carboxylic acids is 1. The number of hydrogen-bond acceptors (Lipinski definition) is 6. The van der Waals surface area contributed by atoms with Crippen molar-refractivity contribution in [2.75, 3.05) is 39.8 Å². The van der Waals surface area contributed by atoms with E-state index < -0.39 is 5.60 Å². The minimum atomic E-state index is -0.517. The molecule has 0 aliphatic carbocycles. The van der Waals surface area contributed by atoms with Crippen LogP contribution in [0.4, 0.5) is 4.79 Å². The van der Waals surface area contributed by atoms with Crippen molar-refractivity contribution in [1.82, 2.24) is 19.7 Å². The molecule has 240 valence electrons. The third-order valence-corrected chi connectivity index (χ3v) is 8.60. The maximum absolute atomic E-state index is 12.1. The number of aryl methyl sites for hydroxylation is 1. The van der Waals surface area contributed by atoms with Gasteiger partial charge < -0.3 is 25.1 Å². The normalized spacial score (nSPS) is 14.5. The van der Waals surface area contributed by atoms with E-state index in [1.54, 1.807) is 7.11 Å². The predicted molar refractivity (Wildman–Crippen MR) is 183 cm³/mol. The second kappa shape index (κ2) is 14.7. The molecular formula is C36H46ClN5O3. The third kappa shape index (κ3) is 8.58. The fourth-order valence-corrected chi connectivity index (χ4v) is 6.15. The third-order valence-electron chi connectivity index (χ3n) is 8.23. The zero-order valence-corrected chi connectivity index (χ0v) is 27.7. The van der Waals surface area contributed by atoms with Gasteiger partial charge in [0.15, 0.2) is 0 Å². The summed E-state index contributed by atoms with van der Waals surface area (Å²) in [6, 6.07) is 21.1. The number of halogens is 1. The maximum atomic E-state index is 12.1. The van der Waals surface area contributed by atoms with E-state index >= 15 is 0 Å². The topological polar surface area (TPSA) is 85.0 Å². The number of ether oxygens (including phenoxy) is 2. The molecule has 5 rings (SSSR count). The van der Waals surface area contributed by atoms with Crippen LogP contribution in [0.25, 0.3) is 22.0 Å². The fourth-order valence-electron chi connectivity index (χ4n) is 5.96. The molecule has 8 nitrogen and oxygen atoms in total. The van der Waals surface area contributed by atoms with Crippen LogP contribution in [-0.4, -0.2) is 65.9 Å². The summed E-state index contributed by atoms with van der Waals surface area (Å²) in [6.45, 7) is 13.1. The molecule has 1 aromatic heterocycles. The SMILES string of the molecule is COc1ccc(-c2cn(CCCNC(=O)OC(C)(C)C)c3ccc(CN4CCN(Cc5ccccc5Cl)CC4)cc23)c(CN)c1. The smallest absolute Gasteiger partial charge is 0.407 e. The molecule has 3 N–H and O–H groups in total. The van der Waals surface area contributed by atoms with E-state index in [0.29, 0.717) is 13.1 Å². The van der Waals surface area contributed by atoms with Gasteiger partial charge in [-0.25, -0.2) is 4.79 Å². The van der Waals surface area contributed by atoms with Crippen LogP contribution in [0, 0.1) is 0 Å². The second-order valence-electron chi connectivity index (χ2n) is 12.7. The Morgan fingerprint density at radius 3 is 2.36 bits per heavy atom. The predicted octanol–water partition coefficient (Wildman–Crippen LogP) is 6.66. The molecule has 0 spiro atoms. The molecule has 1 aliphatic rings. The fraction of sp³-hybridized carbons (Fsp3) is 0.417. The number of fused-ring (bicyclic) bond motifs is 1. The van der Waals surface area contributed by atoms with Gasteiger partial charge >= 0.3 is 6.09 Å². The van der Waals surface area contributed by atoms with Crippen molar-refractivity contribution in [2.45, 2.75) is 59.0 Å². The summed E-state index contributed by atoms with van der Waals surface area (Å²) in [5.41, 5.74) is 12.6. The van der Waals surface area contributed by atoms with Crippen molar-refractivity contribution >= 4 is 28.6 Å². The van der Waals surface area contributed by atoms with E-state index in [-0.39, 0.29) is 6.09 Å². The first-order chi connectivity index (χ1) is 21.6. The largest absolute Gasteiger partial charge is 0.497 e. The molecule has 45 heavy (non-hydrogen) atoms. The number of nitrogens with zero attached hydrogens (tertiary/aromatic N) is 3. The highest BCUT2D eigenvalue weighted by atomic mass is 35.5. The van der Waals surface area contributed by atoms with Gasteiger partial charge in [-0.2, -0.15) is 0 Å². The van der Waals surface area contributed by atoms with Gasteiger partial charge in [-0.05, 0) is 79.8 Å². The Hall–Kier alpha value is -3.56. The maximum Gasteiger partial charge on any atom is 0.407 e. The number of rotatable bonds is 11. The summed E-state index contributed by atoms with van der Waals surface area (Å²) in [4.78, 5) is 17.1. The molecule has 2 heterocycles. The minimum absolute atomic E-state index is 0.388. The number of hydrogen-bond donors (Lipinski definition) is 2. The molecule has 0 radical (unpaired) electrons. The highest BCUT2D eigenvalue weighted by molar-refractivity contribution is 6.31. The van der Waals surface area contributed by atoms with Crippen LogP contribution >= 0.6 is 11.6 Å². The monoisotopic (exact) mass is 631 g/mol. The summed E-state index contributed by atoms with van der Waals surface area (Å²) in [5.74, 6) is 0.797. The first kappa shape index (κ1) is 32.8. The second-order valence-corrected chi connectivity index (χ2v) is 13.1. The Labute approximate surface area is 272 Å². The van der Waals surface area contributed by atoms with Crippen molar-refractivity contribution in [3.05, 3.63) is 88.6 Å². The van der Waals surface area contributed by atoms with E-state index in [1.165, 1.54) is 16.5 Å². The van der Waals surface area contributed by atoms with Crippen molar-refractivity contribution in [2.24, 2.45) is 5.73 Å². The molecule has 9 heteroatoms. The van der Waals surface area contributed by atoms with E-state index in [1.807, 2.05) is 45.0 Å². The van der Waals surface area contributed by atoms with Crippen LogP contribution in [-0.2, 0) is 30.9 Å². The van der Waals surface area contributed by atoms with Crippen molar-refractivity contribution in [3.63, 3.8) is 0 Å². The summed E-state index contributed by atoms with van der Waals surface area (Å²) in [6.07, 6.45) is 2.60. The number of nitrogens with two attached hydrogens (primary N) is 1. The number of piperazine rings is 1. The first-order valence-corrected chi connectivity index (χ1v) is 16.2. The van der Waals surface area contributed by atoms with Crippen LogP contribution in [0.15, 0.2) is 66.9 Å². The van der Waals surface area contributed by atoms with Crippen LogP contribution in [0.5, 0.6) is 5.75 Å². The Morgan fingerprint density at radius 2 is 1.67 bits per heavy atom. The average Bonchev–Trinajstić information content (AvgIpc) is 3.37. The Balaban J connectivity index is 1.32. The zero-order chi connectivity index (χ0) is 32.0. The van der Waals surface area contributed by atoms with Crippen molar-refractivity contribution in [1.29, 1.82) is 0 Å². The first-order valence-electron chi connectivity index (χ1n) is 15.8. The van der Waals surface area contributed by atoms with Crippen molar-refractivity contribution in [3.8, 4) is 16.9 Å². The number of carbonyl (C=O) groups is 1. The number of alkyl carbamates (subject to hydrolysis) is 1. The minimum Gasteiger partial charge on any atom is -0.497 e. The van der Waals surface area contributed by atoms with Gasteiger partial charge in [0.1, 0.15) is 11.4 Å². The standard InChI is InChI=1S/C36H46ClN5O3/c1-36(2,3)45-35(43)39-14-7-15-42-25-32(30-12-11-29(44-4)21-28(30)22-38)31-20-26(10-13-34(31)42)23-40-16-18-41(19-17-40)24-27-8-5-6-9-33(27)37/h5-6,8-13,20-21,25H,7,14-19,22-24,38H2,1-4H3,(H,39,43). The van der Waals surface area contributed by atoms with E-state index in [2.05, 4.69) is 62.3 Å². The van der Waals surface area contributed by atoms with Crippen LogP contribution < -0.4 is 15.8 Å². The van der Waals surface area contributed by atoms with E-state index in [4.69, 9.17) is 26.8 Å². The molecule has 1 amide bonds. The lowest BCUT2D eigenvalue weighted by molar-refractivity contribution is 0.0526. The molecular weight excluding hydrogens is 586 g/mol. The molecule has 1 saturated heterocycles. The Morgan fingerprint density at radius 1 is 0.933 bits per heavy atom. The molecule has 0 atom stereocenters. The molecule has 1 aliphatic heterocycles. The van der Waals surface area contributed by atoms with Gasteiger partial charge in [0, 0.05) is 86.6 Å². The molecule has 0 saturated carbocycles. The molecule has 4 aromatic rings. The summed E-state index contributed by atoms with van der Waals surface area (Å²) < 4.78 is 13.2. The van der Waals surface area contributed by atoms with Gasteiger partial charge in [-0.3, -0.25) is 9.80 Å². The highest BCUT2D eigenvalue weighted by Gasteiger charge is 2.20. The highest BCUT2D eigenvalue weighted by Crippen LogP contribution is 2.35. The molecule has 1 fully saturated rings. The lowest BCUT2D eigenvalue weighted by Gasteiger charge is -2.35. The Kier molecular flexibility index (Phi) is 10.7. The van der Waals surface area contributed by atoms with E-state index in [0.717, 1.165) is 85.2 Å². The number of methoxy groups -OCH3 is 1. The van der Waals surface area contributed by atoms with Gasteiger partial charge in [0.05, 0.1) is 7.11 Å². The van der Waals surface area contributed by atoms with Crippen molar-refractivity contribution < 1.29 is 14.3 Å². The molecule has 0 bridgehead atoms. The summed E-state index contributed by atoms with van der Waals surface area (Å²) in [5, 5.41) is 4.92. The summed E-state index contributed by atoms with van der Waals surface area (Å²) >= 11 is 6.42. The van der Waals surface area contributed by atoms with Gasteiger partial charge in [-0.1, -0.05) is 41.9 Å². The average molecular weight is 632 g/mol. The van der Waals surface area contributed by atoms with Gasteiger partial charge in [0.2, 0.25) is 0 Å². The van der Waals surface area contributed by atoms with E-state index in [9.17, 15) is 4.79 Å². The summed E-state index contributed by atoms with van der Waals surface area (Å²) in [7, 11) is 1.68.